The highest BCUT2D eigenvalue weighted by Crippen LogP contribution is 2.27. The first kappa shape index (κ1) is 13.9. The Morgan fingerprint density at radius 3 is 1.94 bits per heavy atom. The Balaban J connectivity index is 2.86. The molecule has 1 fully saturated rings. The number of ether oxygens (including phenoxy) is 3. The van der Waals surface area contributed by atoms with Crippen molar-refractivity contribution < 1.29 is 28.2 Å². The molecule has 0 bridgehead atoms. The Labute approximate surface area is 99.2 Å². The molecular weight excluding hydrogens is 231 g/mol. The molecule has 98 valence electrons. The van der Waals surface area contributed by atoms with E-state index in [0.717, 1.165) is 0 Å². The predicted molar refractivity (Wildman–Crippen MR) is 56.0 cm³/mol. The van der Waals surface area contributed by atoms with E-state index in [-0.39, 0.29) is 0 Å². The molecule has 0 aromatic rings. The SMILES string of the molecule is CC(=O)O[C@@H]1[C@@H](OC(C)=O)[C@@H](F)C(C)O[C@H]1C. The molecule has 0 saturated carbocycles. The van der Waals surface area contributed by atoms with Gasteiger partial charge in [0.15, 0.2) is 18.4 Å². The molecule has 0 amide bonds. The maximum Gasteiger partial charge on any atom is 0.303 e. The second kappa shape index (κ2) is 5.44. The minimum absolute atomic E-state index is 0.523. The molecule has 5 nitrogen and oxygen atoms in total. The van der Waals surface area contributed by atoms with E-state index < -0.39 is 42.5 Å². The molecule has 1 unspecified atom stereocenters. The molecule has 1 rings (SSSR count). The molecule has 1 aliphatic rings. The summed E-state index contributed by atoms with van der Waals surface area (Å²) in [6, 6.07) is 0. The van der Waals surface area contributed by atoms with Crippen molar-refractivity contribution in [2.24, 2.45) is 0 Å². The lowest BCUT2D eigenvalue weighted by molar-refractivity contribution is -0.221. The minimum Gasteiger partial charge on any atom is -0.456 e. The molecule has 1 aliphatic heterocycles. The monoisotopic (exact) mass is 248 g/mol. The number of carbonyl (C=O) groups excluding carboxylic acids is 2. The van der Waals surface area contributed by atoms with Crippen molar-refractivity contribution in [1.82, 2.24) is 0 Å². The zero-order valence-electron chi connectivity index (χ0n) is 10.3. The van der Waals surface area contributed by atoms with Crippen LogP contribution in [0.25, 0.3) is 0 Å². The number of hydrogen-bond acceptors (Lipinski definition) is 5. The molecule has 1 saturated heterocycles. The molecule has 1 heterocycles. The van der Waals surface area contributed by atoms with Gasteiger partial charge < -0.3 is 14.2 Å². The van der Waals surface area contributed by atoms with Crippen LogP contribution >= 0.6 is 0 Å². The van der Waals surface area contributed by atoms with Crippen LogP contribution in [0.3, 0.4) is 0 Å². The Bertz CT molecular complexity index is 306. The van der Waals surface area contributed by atoms with Crippen LogP contribution in [0.2, 0.25) is 0 Å². The van der Waals surface area contributed by atoms with Crippen LogP contribution < -0.4 is 0 Å². The molecule has 17 heavy (non-hydrogen) atoms. The van der Waals surface area contributed by atoms with Crippen molar-refractivity contribution in [3.8, 4) is 0 Å². The van der Waals surface area contributed by atoms with Gasteiger partial charge in [-0.1, -0.05) is 0 Å². The molecule has 6 heteroatoms. The van der Waals surface area contributed by atoms with E-state index in [1.165, 1.54) is 13.8 Å². The highest BCUT2D eigenvalue weighted by molar-refractivity contribution is 5.67. The summed E-state index contributed by atoms with van der Waals surface area (Å²) in [5.74, 6) is -1.18. The van der Waals surface area contributed by atoms with Crippen molar-refractivity contribution >= 4 is 11.9 Å². The number of hydrogen-bond donors (Lipinski definition) is 0. The largest absolute Gasteiger partial charge is 0.456 e. The predicted octanol–water partition coefficient (Wildman–Crippen LogP) is 0.995. The van der Waals surface area contributed by atoms with Gasteiger partial charge in [0, 0.05) is 13.8 Å². The second-order valence-corrected chi connectivity index (χ2v) is 4.14. The topological polar surface area (TPSA) is 61.8 Å². The summed E-state index contributed by atoms with van der Waals surface area (Å²) in [6.07, 6.45) is -4.77. The fraction of sp³-hybridized carbons (Fsp3) is 0.818. The van der Waals surface area contributed by atoms with E-state index in [0.29, 0.717) is 0 Å². The Morgan fingerprint density at radius 1 is 1.00 bits per heavy atom. The Hall–Kier alpha value is -1.17. The first-order chi connectivity index (χ1) is 7.82. The van der Waals surface area contributed by atoms with Crippen LogP contribution in [-0.2, 0) is 23.8 Å². The van der Waals surface area contributed by atoms with Crippen LogP contribution in [0.1, 0.15) is 27.7 Å². The highest BCUT2D eigenvalue weighted by atomic mass is 19.1. The fourth-order valence-electron chi connectivity index (χ4n) is 1.88. The van der Waals surface area contributed by atoms with Crippen LogP contribution in [0.15, 0.2) is 0 Å². The third-order valence-electron chi connectivity index (χ3n) is 2.58. The average Bonchev–Trinajstić information content (AvgIpc) is 2.19. The summed E-state index contributed by atoms with van der Waals surface area (Å²) in [7, 11) is 0. The van der Waals surface area contributed by atoms with Gasteiger partial charge in [-0.2, -0.15) is 0 Å². The molecule has 0 aromatic heterocycles. The van der Waals surface area contributed by atoms with E-state index in [1.807, 2.05) is 0 Å². The number of halogens is 1. The van der Waals surface area contributed by atoms with Gasteiger partial charge in [-0.05, 0) is 13.8 Å². The normalized spacial score (nSPS) is 37.4. The summed E-state index contributed by atoms with van der Waals surface area (Å²) in [5, 5.41) is 0. The number of esters is 2. The van der Waals surface area contributed by atoms with Crippen LogP contribution in [0.4, 0.5) is 4.39 Å². The van der Waals surface area contributed by atoms with Crippen molar-refractivity contribution in [2.75, 3.05) is 0 Å². The molecule has 0 aromatic carbocycles. The number of alkyl halides is 1. The fourth-order valence-corrected chi connectivity index (χ4v) is 1.88. The van der Waals surface area contributed by atoms with Gasteiger partial charge in [0.1, 0.15) is 0 Å². The molecule has 0 N–H and O–H groups in total. The van der Waals surface area contributed by atoms with Gasteiger partial charge in [0.25, 0.3) is 0 Å². The van der Waals surface area contributed by atoms with E-state index in [9.17, 15) is 14.0 Å². The van der Waals surface area contributed by atoms with Crippen molar-refractivity contribution in [2.45, 2.75) is 58.3 Å². The van der Waals surface area contributed by atoms with Gasteiger partial charge >= 0.3 is 11.9 Å². The van der Waals surface area contributed by atoms with Gasteiger partial charge in [0.2, 0.25) is 0 Å². The molecule has 5 atom stereocenters. The third-order valence-corrected chi connectivity index (χ3v) is 2.58. The summed E-state index contributed by atoms with van der Waals surface area (Å²) in [6.45, 7) is 5.58. The van der Waals surface area contributed by atoms with Crippen molar-refractivity contribution in [3.05, 3.63) is 0 Å². The number of rotatable bonds is 2. The quantitative estimate of drug-likeness (QED) is 0.682. The highest BCUT2D eigenvalue weighted by Gasteiger charge is 2.46. The standard InChI is InChI=1S/C11H17FO5/c1-5-9(12)11(17-8(4)14)10(6(2)15-5)16-7(3)13/h5-6,9-11H,1-4H3/t5?,6-,9-,10-,11-/m0/s1. The lowest BCUT2D eigenvalue weighted by atomic mass is 9.97. The minimum atomic E-state index is -1.51. The van der Waals surface area contributed by atoms with Gasteiger partial charge in [-0.15, -0.1) is 0 Å². The van der Waals surface area contributed by atoms with Crippen molar-refractivity contribution in [3.63, 3.8) is 0 Å². The Morgan fingerprint density at radius 2 is 1.47 bits per heavy atom. The zero-order valence-corrected chi connectivity index (χ0v) is 10.3. The third kappa shape index (κ3) is 3.39. The maximum absolute atomic E-state index is 13.9. The summed E-state index contributed by atoms with van der Waals surface area (Å²) >= 11 is 0. The summed E-state index contributed by atoms with van der Waals surface area (Å²) in [5.41, 5.74) is 0. The average molecular weight is 248 g/mol. The second-order valence-electron chi connectivity index (χ2n) is 4.14. The molecule has 0 spiro atoms. The maximum atomic E-state index is 13.9. The Kier molecular flexibility index (Phi) is 4.45. The summed E-state index contributed by atoms with van der Waals surface area (Å²) in [4.78, 5) is 21.9. The molecule has 0 radical (unpaired) electrons. The first-order valence-electron chi connectivity index (χ1n) is 5.47. The molecular formula is C11H17FO5. The number of carbonyl (C=O) groups is 2. The van der Waals surface area contributed by atoms with E-state index in [2.05, 4.69) is 0 Å². The van der Waals surface area contributed by atoms with Crippen LogP contribution in [0.5, 0.6) is 0 Å². The van der Waals surface area contributed by atoms with E-state index in [4.69, 9.17) is 14.2 Å². The van der Waals surface area contributed by atoms with Crippen molar-refractivity contribution in [1.29, 1.82) is 0 Å². The summed E-state index contributed by atoms with van der Waals surface area (Å²) < 4.78 is 29.0. The van der Waals surface area contributed by atoms with Crippen LogP contribution in [-0.4, -0.2) is 42.5 Å². The molecule has 0 aliphatic carbocycles. The lowest BCUT2D eigenvalue weighted by Gasteiger charge is -2.40. The lowest BCUT2D eigenvalue weighted by Crippen LogP contribution is -2.57. The van der Waals surface area contributed by atoms with Gasteiger partial charge in [0.05, 0.1) is 12.2 Å². The van der Waals surface area contributed by atoms with E-state index in [1.54, 1.807) is 13.8 Å². The smallest absolute Gasteiger partial charge is 0.303 e. The van der Waals surface area contributed by atoms with Gasteiger partial charge in [-0.3, -0.25) is 9.59 Å². The zero-order chi connectivity index (χ0) is 13.2. The van der Waals surface area contributed by atoms with E-state index >= 15 is 0 Å². The van der Waals surface area contributed by atoms with Gasteiger partial charge in [-0.25, -0.2) is 4.39 Å². The first-order valence-corrected chi connectivity index (χ1v) is 5.47. The van der Waals surface area contributed by atoms with Crippen LogP contribution in [0, 0.1) is 0 Å².